The molecule has 2 heterocycles. The number of likely N-dealkylation sites (N-methyl/N-ethyl adjacent to an activating group) is 2. The largest absolute Gasteiger partial charge is 0.503 e. The summed E-state index contributed by atoms with van der Waals surface area (Å²) in [5.41, 5.74) is 3.18. The maximum Gasteiger partial charge on any atom is 0.290 e. The lowest BCUT2D eigenvalue weighted by molar-refractivity contribution is 0.464. The molecule has 2 N–H and O–H groups in total. The highest BCUT2D eigenvalue weighted by Gasteiger charge is 2.20. The summed E-state index contributed by atoms with van der Waals surface area (Å²) in [6, 6.07) is 4.01. The number of aromatic nitrogens is 1. The van der Waals surface area contributed by atoms with Crippen LogP contribution in [0.2, 0.25) is 0 Å². The van der Waals surface area contributed by atoms with E-state index in [9.17, 15) is 9.90 Å². The van der Waals surface area contributed by atoms with Gasteiger partial charge in [0.15, 0.2) is 5.75 Å². The van der Waals surface area contributed by atoms with E-state index >= 15 is 0 Å². The predicted molar refractivity (Wildman–Crippen MR) is 77.5 cm³/mol. The van der Waals surface area contributed by atoms with Crippen LogP contribution in [0.25, 0.3) is 10.9 Å². The van der Waals surface area contributed by atoms with Crippen LogP contribution in [-0.2, 0) is 0 Å². The second kappa shape index (κ2) is 3.91. The third-order valence-electron chi connectivity index (χ3n) is 3.93. The second-order valence-corrected chi connectivity index (χ2v) is 5.16. The van der Waals surface area contributed by atoms with Crippen molar-refractivity contribution in [1.29, 1.82) is 0 Å². The molecule has 3 rings (SSSR count). The van der Waals surface area contributed by atoms with Gasteiger partial charge in [0.1, 0.15) is 0 Å². The van der Waals surface area contributed by atoms with Gasteiger partial charge < -0.3 is 19.9 Å². The molecule has 5 heteroatoms. The van der Waals surface area contributed by atoms with E-state index in [4.69, 9.17) is 0 Å². The van der Waals surface area contributed by atoms with E-state index in [2.05, 4.69) is 21.8 Å². The van der Waals surface area contributed by atoms with Gasteiger partial charge >= 0.3 is 0 Å². The Balaban J connectivity index is 2.38. The average molecular weight is 259 g/mol. The molecule has 1 aliphatic heterocycles. The molecule has 0 radical (unpaired) electrons. The number of nitrogens with zero attached hydrogens (tertiary/aromatic N) is 2. The number of aryl methyl sites for hydroxylation is 1. The van der Waals surface area contributed by atoms with Crippen LogP contribution in [0.1, 0.15) is 5.56 Å². The Morgan fingerprint density at radius 3 is 2.37 bits per heavy atom. The molecule has 0 bridgehead atoms. The van der Waals surface area contributed by atoms with Gasteiger partial charge in [0.05, 0.1) is 16.9 Å². The lowest BCUT2D eigenvalue weighted by Crippen LogP contribution is -2.36. The van der Waals surface area contributed by atoms with E-state index in [1.54, 1.807) is 6.92 Å². The molecule has 5 nitrogen and oxygen atoms in total. The Morgan fingerprint density at radius 1 is 1.16 bits per heavy atom. The summed E-state index contributed by atoms with van der Waals surface area (Å²) >= 11 is 0. The van der Waals surface area contributed by atoms with Crippen molar-refractivity contribution in [2.45, 2.75) is 6.92 Å². The zero-order valence-corrected chi connectivity index (χ0v) is 11.3. The van der Waals surface area contributed by atoms with E-state index in [0.29, 0.717) is 5.56 Å². The number of rotatable bonds is 0. The fourth-order valence-electron chi connectivity index (χ4n) is 2.62. The molecule has 100 valence electrons. The molecule has 0 unspecified atom stereocenters. The first-order chi connectivity index (χ1) is 8.99. The molecule has 0 atom stereocenters. The number of nitrogens with one attached hydrogen (secondary N) is 1. The van der Waals surface area contributed by atoms with Gasteiger partial charge in [0, 0.05) is 38.1 Å². The Labute approximate surface area is 111 Å². The highest BCUT2D eigenvalue weighted by atomic mass is 16.3. The first-order valence-corrected chi connectivity index (χ1v) is 6.31. The fraction of sp³-hybridized carbons (Fsp3) is 0.357. The molecule has 19 heavy (non-hydrogen) atoms. The maximum atomic E-state index is 11.6. The third kappa shape index (κ3) is 1.65. The van der Waals surface area contributed by atoms with Crippen LogP contribution in [0.3, 0.4) is 0 Å². The minimum absolute atomic E-state index is 0.195. The fourth-order valence-corrected chi connectivity index (χ4v) is 2.62. The van der Waals surface area contributed by atoms with Crippen LogP contribution >= 0.6 is 0 Å². The van der Waals surface area contributed by atoms with Crippen molar-refractivity contribution in [2.75, 3.05) is 37.0 Å². The highest BCUT2D eigenvalue weighted by Crippen LogP contribution is 2.36. The van der Waals surface area contributed by atoms with Crippen LogP contribution in [0.15, 0.2) is 16.9 Å². The highest BCUT2D eigenvalue weighted by molar-refractivity contribution is 5.93. The molecule has 0 saturated heterocycles. The smallest absolute Gasteiger partial charge is 0.290 e. The molecule has 1 aromatic carbocycles. The number of aromatic amines is 1. The Kier molecular flexibility index (Phi) is 2.45. The number of hydrogen-bond acceptors (Lipinski definition) is 4. The van der Waals surface area contributed by atoms with Gasteiger partial charge in [-0.05, 0) is 19.1 Å². The molecule has 0 spiro atoms. The van der Waals surface area contributed by atoms with Crippen molar-refractivity contribution in [3.05, 3.63) is 28.0 Å². The van der Waals surface area contributed by atoms with Gasteiger partial charge in [-0.15, -0.1) is 0 Å². The van der Waals surface area contributed by atoms with Gasteiger partial charge in [-0.2, -0.15) is 0 Å². The Hall–Kier alpha value is -2.17. The predicted octanol–water partition coefficient (Wildman–Crippen LogP) is 1.43. The summed E-state index contributed by atoms with van der Waals surface area (Å²) in [7, 11) is 4.10. The molecule has 0 saturated carbocycles. The first-order valence-electron chi connectivity index (χ1n) is 6.31. The van der Waals surface area contributed by atoms with Crippen molar-refractivity contribution >= 4 is 22.3 Å². The second-order valence-electron chi connectivity index (χ2n) is 5.16. The zero-order chi connectivity index (χ0) is 13.7. The molecular weight excluding hydrogens is 242 g/mol. The van der Waals surface area contributed by atoms with Gasteiger partial charge in [0.25, 0.3) is 5.56 Å². The van der Waals surface area contributed by atoms with E-state index in [0.717, 1.165) is 35.4 Å². The van der Waals surface area contributed by atoms with E-state index in [1.165, 1.54) is 0 Å². The topological polar surface area (TPSA) is 59.6 Å². The van der Waals surface area contributed by atoms with Gasteiger partial charge in [0.2, 0.25) is 0 Å². The van der Waals surface area contributed by atoms with E-state index < -0.39 is 5.56 Å². The number of aromatic hydroxyl groups is 1. The Bertz CT molecular complexity index is 721. The standard InChI is InChI=1S/C14H17N3O2/c1-8-9-6-11-12(17(3)5-4-16(11)2)7-10(9)15-14(19)13(8)18/h6-7,18H,4-5H2,1-3H3,(H,15,19). The lowest BCUT2D eigenvalue weighted by atomic mass is 10.1. The van der Waals surface area contributed by atoms with Crippen molar-refractivity contribution in [1.82, 2.24) is 4.98 Å². The van der Waals surface area contributed by atoms with Gasteiger partial charge in [-0.1, -0.05) is 0 Å². The zero-order valence-electron chi connectivity index (χ0n) is 11.3. The van der Waals surface area contributed by atoms with E-state index in [-0.39, 0.29) is 5.75 Å². The molecule has 0 amide bonds. The number of H-pyrrole nitrogens is 1. The summed E-state index contributed by atoms with van der Waals surface area (Å²) in [6.45, 7) is 3.69. The summed E-state index contributed by atoms with van der Waals surface area (Å²) in [4.78, 5) is 18.7. The van der Waals surface area contributed by atoms with Gasteiger partial charge in [-0.3, -0.25) is 4.79 Å². The summed E-state index contributed by atoms with van der Waals surface area (Å²) in [5.74, 6) is -0.195. The normalized spacial score (nSPS) is 14.9. The van der Waals surface area contributed by atoms with Crippen molar-refractivity contribution in [3.8, 4) is 5.75 Å². The van der Waals surface area contributed by atoms with Gasteiger partial charge in [-0.25, -0.2) is 0 Å². The van der Waals surface area contributed by atoms with Crippen LogP contribution in [0, 0.1) is 6.92 Å². The van der Waals surface area contributed by atoms with Crippen LogP contribution in [0.4, 0.5) is 11.4 Å². The van der Waals surface area contributed by atoms with Crippen LogP contribution < -0.4 is 15.4 Å². The van der Waals surface area contributed by atoms with Crippen molar-refractivity contribution in [3.63, 3.8) is 0 Å². The van der Waals surface area contributed by atoms with Crippen LogP contribution in [0.5, 0.6) is 5.75 Å². The molecule has 1 aromatic heterocycles. The van der Waals surface area contributed by atoms with Crippen molar-refractivity contribution < 1.29 is 5.11 Å². The minimum atomic E-state index is -0.434. The summed E-state index contributed by atoms with van der Waals surface area (Å²) < 4.78 is 0. The minimum Gasteiger partial charge on any atom is -0.503 e. The number of pyridine rings is 1. The number of hydrogen-bond donors (Lipinski definition) is 2. The first kappa shape index (κ1) is 11.9. The molecule has 0 aliphatic carbocycles. The lowest BCUT2D eigenvalue weighted by Gasteiger charge is -2.35. The maximum absolute atomic E-state index is 11.6. The van der Waals surface area contributed by atoms with Crippen molar-refractivity contribution in [2.24, 2.45) is 0 Å². The molecular formula is C14H17N3O2. The molecule has 1 aliphatic rings. The number of anilines is 2. The third-order valence-corrected chi connectivity index (χ3v) is 3.93. The molecule has 0 fully saturated rings. The number of fused-ring (bicyclic) bond motifs is 2. The van der Waals surface area contributed by atoms with E-state index in [1.807, 2.05) is 19.2 Å². The quantitative estimate of drug-likeness (QED) is 0.751. The Morgan fingerprint density at radius 2 is 1.74 bits per heavy atom. The molecule has 2 aromatic rings. The SMILES string of the molecule is Cc1c(O)c(=O)[nH]c2cc3c(cc12)N(C)CCN3C. The average Bonchev–Trinajstić information content (AvgIpc) is 2.39. The monoisotopic (exact) mass is 259 g/mol. The summed E-state index contributed by atoms with van der Waals surface area (Å²) in [6.07, 6.45) is 0. The van der Waals surface area contributed by atoms with Crippen LogP contribution in [-0.4, -0.2) is 37.3 Å². The number of benzene rings is 1. The summed E-state index contributed by atoms with van der Waals surface area (Å²) in [5, 5.41) is 10.6.